The minimum Gasteiger partial charge on any atom is -0.256 e. The highest BCUT2D eigenvalue weighted by Crippen LogP contribution is 2.28. The van der Waals surface area contributed by atoms with Crippen LogP contribution in [0.15, 0.2) is 20.1 Å². The van der Waals surface area contributed by atoms with E-state index in [2.05, 4.69) is 20.1 Å². The van der Waals surface area contributed by atoms with Crippen LogP contribution in [0.25, 0.3) is 0 Å². The maximum absolute atomic E-state index is 11.7. The number of rotatable bonds is 3. The fourth-order valence-corrected chi connectivity index (χ4v) is 3.54. The molecule has 0 aliphatic rings. The Kier molecular flexibility index (Phi) is 3.80. The van der Waals surface area contributed by atoms with Crippen LogP contribution in [0.2, 0.25) is 0 Å². The highest BCUT2D eigenvalue weighted by Gasteiger charge is 2.31. The Labute approximate surface area is 96.1 Å². The van der Waals surface area contributed by atoms with E-state index in [-0.39, 0.29) is 4.21 Å². The molecule has 1 rings (SSSR count). The van der Waals surface area contributed by atoms with Gasteiger partial charge in [0.2, 0.25) is 0 Å². The molecule has 0 aliphatic carbocycles. The lowest BCUT2D eigenvalue weighted by atomic mass is 10.7. The van der Waals surface area contributed by atoms with E-state index < -0.39 is 22.9 Å². The van der Waals surface area contributed by atoms with E-state index in [0.29, 0.717) is 3.79 Å². The van der Waals surface area contributed by atoms with Crippen molar-refractivity contribution >= 4 is 37.4 Å². The molecular weight excluding hydrogens is 321 g/mol. The molecule has 0 saturated heterocycles. The van der Waals surface area contributed by atoms with Crippen molar-refractivity contribution < 1.29 is 25.8 Å². The summed E-state index contributed by atoms with van der Waals surface area (Å²) in [6, 6.07) is 2.58. The van der Waals surface area contributed by atoms with Crippen molar-refractivity contribution in [3.8, 4) is 0 Å². The molecule has 0 N–H and O–H groups in total. The van der Waals surface area contributed by atoms with Crippen LogP contribution in [0.5, 0.6) is 0 Å². The molecule has 86 valence electrons. The van der Waals surface area contributed by atoms with Gasteiger partial charge in [0.1, 0.15) is 4.21 Å². The quantitative estimate of drug-likeness (QED) is 0.803. The molecule has 0 bridgehead atoms. The summed E-state index contributed by atoms with van der Waals surface area (Å²) in [5.74, 6) is 0. The molecule has 1 aromatic heterocycles. The Balaban J connectivity index is 2.77. The minimum atomic E-state index is -4.67. The fourth-order valence-electron chi connectivity index (χ4n) is 0.635. The van der Waals surface area contributed by atoms with E-state index in [1.807, 2.05) is 0 Å². The van der Waals surface area contributed by atoms with Gasteiger partial charge in [-0.05, 0) is 28.1 Å². The van der Waals surface area contributed by atoms with Crippen LogP contribution in [-0.4, -0.2) is 21.2 Å². The van der Waals surface area contributed by atoms with Crippen molar-refractivity contribution in [2.45, 2.75) is 10.4 Å². The summed E-state index contributed by atoms with van der Waals surface area (Å²) in [4.78, 5) is 0. The fraction of sp³-hybridized carbons (Fsp3) is 0.333. The highest BCUT2D eigenvalue weighted by atomic mass is 79.9. The molecule has 1 aromatic rings. The number of hydrogen-bond donors (Lipinski definition) is 0. The molecule has 0 aromatic carbocycles. The Bertz CT molecular complexity index is 437. The van der Waals surface area contributed by atoms with Crippen LogP contribution in [-0.2, 0) is 14.3 Å². The van der Waals surface area contributed by atoms with Gasteiger partial charge in [0.25, 0.3) is 0 Å². The first-order valence-electron chi connectivity index (χ1n) is 3.42. The monoisotopic (exact) mass is 324 g/mol. The lowest BCUT2D eigenvalue weighted by molar-refractivity contribution is -0.152. The molecule has 0 aliphatic heterocycles. The largest absolute Gasteiger partial charge is 0.413 e. The molecule has 0 amide bonds. The Morgan fingerprint density at radius 2 is 2.00 bits per heavy atom. The second-order valence-corrected chi connectivity index (χ2v) is 6.70. The maximum atomic E-state index is 11.7. The lowest BCUT2D eigenvalue weighted by Gasteiger charge is -2.06. The molecule has 0 spiro atoms. The van der Waals surface area contributed by atoms with Crippen molar-refractivity contribution in [1.29, 1.82) is 0 Å². The SMILES string of the molecule is O=S(=O)(OCC(F)(F)F)c1ccc(Br)s1. The minimum absolute atomic E-state index is 0.265. The van der Waals surface area contributed by atoms with Crippen molar-refractivity contribution in [2.75, 3.05) is 6.61 Å². The van der Waals surface area contributed by atoms with Gasteiger partial charge in [-0.15, -0.1) is 11.3 Å². The van der Waals surface area contributed by atoms with Gasteiger partial charge < -0.3 is 0 Å². The predicted octanol–water partition coefficient (Wildman–Crippen LogP) is 2.78. The molecule has 0 radical (unpaired) electrons. The van der Waals surface area contributed by atoms with E-state index in [0.717, 1.165) is 11.3 Å². The second kappa shape index (κ2) is 4.40. The third-order valence-electron chi connectivity index (χ3n) is 1.17. The molecule has 0 atom stereocenters. The van der Waals surface area contributed by atoms with E-state index in [1.165, 1.54) is 12.1 Å². The van der Waals surface area contributed by atoms with Gasteiger partial charge in [0.05, 0.1) is 3.79 Å². The van der Waals surface area contributed by atoms with Crippen LogP contribution in [0, 0.1) is 0 Å². The molecule has 9 heteroatoms. The predicted molar refractivity (Wildman–Crippen MR) is 51.2 cm³/mol. The molecule has 1 heterocycles. The second-order valence-electron chi connectivity index (χ2n) is 2.39. The van der Waals surface area contributed by atoms with Gasteiger partial charge in [-0.3, -0.25) is 4.18 Å². The smallest absolute Gasteiger partial charge is 0.256 e. The van der Waals surface area contributed by atoms with E-state index in [4.69, 9.17) is 0 Å². The third-order valence-corrected chi connectivity index (χ3v) is 4.51. The van der Waals surface area contributed by atoms with E-state index in [1.54, 1.807) is 0 Å². The normalized spacial score (nSPS) is 13.1. The number of alkyl halides is 3. The van der Waals surface area contributed by atoms with E-state index >= 15 is 0 Å². The van der Waals surface area contributed by atoms with Gasteiger partial charge in [0, 0.05) is 0 Å². The van der Waals surface area contributed by atoms with Crippen LogP contribution in [0.3, 0.4) is 0 Å². The molecule has 0 unspecified atom stereocenters. The van der Waals surface area contributed by atoms with Crippen molar-refractivity contribution in [1.82, 2.24) is 0 Å². The summed E-state index contributed by atoms with van der Waals surface area (Å²) in [6.45, 7) is -1.81. The van der Waals surface area contributed by atoms with Crippen molar-refractivity contribution in [3.05, 3.63) is 15.9 Å². The van der Waals surface area contributed by atoms with Gasteiger partial charge in [-0.25, -0.2) is 0 Å². The number of thiophene rings is 1. The summed E-state index contributed by atoms with van der Waals surface area (Å²) in [7, 11) is -4.30. The Hall–Kier alpha value is -0.120. The van der Waals surface area contributed by atoms with Gasteiger partial charge in [-0.1, -0.05) is 0 Å². The highest BCUT2D eigenvalue weighted by molar-refractivity contribution is 9.11. The third kappa shape index (κ3) is 4.09. The average molecular weight is 325 g/mol. The summed E-state index contributed by atoms with van der Waals surface area (Å²) < 4.78 is 61.5. The zero-order valence-electron chi connectivity index (χ0n) is 6.91. The lowest BCUT2D eigenvalue weighted by Crippen LogP contribution is -2.20. The van der Waals surface area contributed by atoms with Gasteiger partial charge >= 0.3 is 16.3 Å². The van der Waals surface area contributed by atoms with Crippen LogP contribution >= 0.6 is 27.3 Å². The van der Waals surface area contributed by atoms with Crippen LogP contribution < -0.4 is 0 Å². The van der Waals surface area contributed by atoms with Crippen molar-refractivity contribution in [3.63, 3.8) is 0 Å². The summed E-state index contributed by atoms with van der Waals surface area (Å²) in [6.07, 6.45) is -4.67. The van der Waals surface area contributed by atoms with Crippen LogP contribution in [0.1, 0.15) is 0 Å². The van der Waals surface area contributed by atoms with Crippen LogP contribution in [0.4, 0.5) is 13.2 Å². The molecule has 3 nitrogen and oxygen atoms in total. The topological polar surface area (TPSA) is 43.4 Å². The summed E-state index contributed by atoms with van der Waals surface area (Å²) >= 11 is 3.77. The number of halogens is 4. The zero-order chi connectivity index (χ0) is 11.7. The molecule has 0 saturated carbocycles. The molecule has 0 fully saturated rings. The average Bonchev–Trinajstić information content (AvgIpc) is 2.48. The number of hydrogen-bond acceptors (Lipinski definition) is 4. The van der Waals surface area contributed by atoms with E-state index in [9.17, 15) is 21.6 Å². The molecular formula is C6H4BrF3O3S2. The maximum Gasteiger partial charge on any atom is 0.413 e. The summed E-state index contributed by atoms with van der Waals surface area (Å²) in [5.41, 5.74) is 0. The standard InChI is InChI=1S/C6H4BrF3O3S2/c7-4-1-2-5(14-4)15(11,12)13-3-6(8,9)10/h1-2H,3H2. The Morgan fingerprint density at radius 1 is 1.40 bits per heavy atom. The first-order chi connectivity index (χ1) is 6.71. The molecule has 15 heavy (non-hydrogen) atoms. The zero-order valence-corrected chi connectivity index (χ0v) is 10.1. The first kappa shape index (κ1) is 12.9. The van der Waals surface area contributed by atoms with Crippen molar-refractivity contribution in [2.24, 2.45) is 0 Å². The summed E-state index contributed by atoms with van der Waals surface area (Å²) in [5, 5.41) is 0. The van der Waals surface area contributed by atoms with Gasteiger partial charge in [0.15, 0.2) is 6.61 Å². The van der Waals surface area contributed by atoms with Gasteiger partial charge in [-0.2, -0.15) is 21.6 Å². The first-order valence-corrected chi connectivity index (χ1v) is 6.44. The Morgan fingerprint density at radius 3 is 2.40 bits per heavy atom.